The average Bonchev–Trinajstić information content (AvgIpc) is 3.18. The molecule has 0 aliphatic rings. The van der Waals surface area contributed by atoms with Gasteiger partial charge >= 0.3 is 6.09 Å². The Labute approximate surface area is 177 Å². The Morgan fingerprint density at radius 1 is 1.17 bits per heavy atom. The van der Waals surface area contributed by atoms with Gasteiger partial charge in [0, 0.05) is 11.4 Å². The Balaban J connectivity index is 1.70. The van der Waals surface area contributed by atoms with Gasteiger partial charge in [0.05, 0.1) is 17.6 Å². The van der Waals surface area contributed by atoms with Crippen molar-refractivity contribution in [1.29, 1.82) is 0 Å². The molecule has 0 saturated carbocycles. The number of unbranched alkanes of at least 4 members (excludes halogenated alkanes) is 2. The lowest BCUT2D eigenvalue weighted by atomic mass is 10.2. The van der Waals surface area contributed by atoms with Crippen LogP contribution in [-0.4, -0.2) is 37.8 Å². The SMILES string of the molecule is CCCCCNC(=S)Nc1ccc2ncc(-c3ccc(CNC(=O)O)s3)nc2n1. The smallest absolute Gasteiger partial charge is 0.404 e. The van der Waals surface area contributed by atoms with Gasteiger partial charge in [0.1, 0.15) is 17.0 Å². The van der Waals surface area contributed by atoms with E-state index in [1.54, 1.807) is 6.20 Å². The third-order valence-electron chi connectivity index (χ3n) is 4.04. The van der Waals surface area contributed by atoms with E-state index in [2.05, 4.69) is 37.8 Å². The standard InChI is InChI=1S/C19H22N6O2S2/c1-2-3-4-9-20-18(28)25-16-8-6-13-17(24-16)23-14(11-21-13)15-7-5-12(29-15)10-22-19(26)27/h5-8,11,22H,2-4,9-10H2,1H3,(H,26,27)(H2,20,23,24,25,28). The highest BCUT2D eigenvalue weighted by Gasteiger charge is 2.09. The molecule has 0 spiro atoms. The number of pyridine rings is 1. The molecule has 0 aliphatic carbocycles. The van der Waals surface area contributed by atoms with Crippen molar-refractivity contribution in [1.82, 2.24) is 25.6 Å². The number of aromatic nitrogens is 3. The maximum Gasteiger partial charge on any atom is 0.404 e. The molecule has 0 unspecified atom stereocenters. The normalized spacial score (nSPS) is 10.7. The first-order valence-electron chi connectivity index (χ1n) is 9.29. The van der Waals surface area contributed by atoms with Crippen LogP contribution in [0.25, 0.3) is 21.7 Å². The van der Waals surface area contributed by atoms with Gasteiger partial charge in [0.2, 0.25) is 0 Å². The molecule has 3 aromatic rings. The van der Waals surface area contributed by atoms with Crippen molar-refractivity contribution in [3.05, 3.63) is 35.3 Å². The highest BCUT2D eigenvalue weighted by Crippen LogP contribution is 2.27. The number of hydrogen-bond acceptors (Lipinski definition) is 6. The Bertz CT molecular complexity index is 1010. The van der Waals surface area contributed by atoms with Crippen LogP contribution in [0.2, 0.25) is 0 Å². The van der Waals surface area contributed by atoms with E-state index in [9.17, 15) is 4.79 Å². The van der Waals surface area contributed by atoms with Gasteiger partial charge in [-0.2, -0.15) is 0 Å². The lowest BCUT2D eigenvalue weighted by Gasteiger charge is -2.10. The Morgan fingerprint density at radius 2 is 2.03 bits per heavy atom. The lowest BCUT2D eigenvalue weighted by Crippen LogP contribution is -2.29. The summed E-state index contributed by atoms with van der Waals surface area (Å²) in [6.45, 7) is 3.25. The molecule has 1 amide bonds. The topological polar surface area (TPSA) is 112 Å². The summed E-state index contributed by atoms with van der Waals surface area (Å²) in [5.41, 5.74) is 1.89. The van der Waals surface area contributed by atoms with E-state index in [0.717, 1.165) is 29.1 Å². The number of amides is 1. The van der Waals surface area contributed by atoms with Crippen molar-refractivity contribution in [2.45, 2.75) is 32.7 Å². The van der Waals surface area contributed by atoms with E-state index >= 15 is 0 Å². The van der Waals surface area contributed by atoms with Gasteiger partial charge in [-0.05, 0) is 42.9 Å². The van der Waals surface area contributed by atoms with Crippen LogP contribution in [0.15, 0.2) is 30.5 Å². The van der Waals surface area contributed by atoms with Crippen LogP contribution in [0, 0.1) is 0 Å². The first-order chi connectivity index (χ1) is 14.0. The first kappa shape index (κ1) is 20.9. The number of fused-ring (bicyclic) bond motifs is 1. The van der Waals surface area contributed by atoms with E-state index in [4.69, 9.17) is 17.3 Å². The van der Waals surface area contributed by atoms with Gasteiger partial charge < -0.3 is 21.1 Å². The summed E-state index contributed by atoms with van der Waals surface area (Å²) in [5.74, 6) is 0.606. The summed E-state index contributed by atoms with van der Waals surface area (Å²) in [4.78, 5) is 26.0. The minimum absolute atomic E-state index is 0.260. The fraction of sp³-hybridized carbons (Fsp3) is 0.316. The highest BCUT2D eigenvalue weighted by atomic mass is 32.1. The monoisotopic (exact) mass is 430 g/mol. The van der Waals surface area contributed by atoms with Crippen molar-refractivity contribution in [2.24, 2.45) is 0 Å². The van der Waals surface area contributed by atoms with Crippen LogP contribution in [-0.2, 0) is 6.54 Å². The number of carbonyl (C=O) groups is 1. The Kier molecular flexibility index (Phi) is 7.25. The van der Waals surface area contributed by atoms with E-state index < -0.39 is 6.09 Å². The molecule has 10 heteroatoms. The third kappa shape index (κ3) is 6.06. The van der Waals surface area contributed by atoms with Gasteiger partial charge in [-0.3, -0.25) is 4.98 Å². The van der Waals surface area contributed by atoms with Crippen molar-refractivity contribution in [3.8, 4) is 10.6 Å². The maximum absolute atomic E-state index is 10.6. The third-order valence-corrected chi connectivity index (χ3v) is 5.40. The summed E-state index contributed by atoms with van der Waals surface area (Å²) in [5, 5.41) is 17.9. The summed E-state index contributed by atoms with van der Waals surface area (Å²) >= 11 is 6.77. The molecule has 8 nitrogen and oxygen atoms in total. The van der Waals surface area contributed by atoms with Gasteiger partial charge in [-0.1, -0.05) is 19.8 Å². The van der Waals surface area contributed by atoms with Crippen LogP contribution < -0.4 is 16.0 Å². The second-order valence-electron chi connectivity index (χ2n) is 6.31. The van der Waals surface area contributed by atoms with Crippen molar-refractivity contribution in [3.63, 3.8) is 0 Å². The number of anilines is 1. The van der Waals surface area contributed by atoms with Crippen LogP contribution in [0.3, 0.4) is 0 Å². The summed E-state index contributed by atoms with van der Waals surface area (Å²) < 4.78 is 0. The molecule has 152 valence electrons. The number of thiocarbonyl (C=S) groups is 1. The van der Waals surface area contributed by atoms with Crippen LogP contribution in [0.4, 0.5) is 10.6 Å². The number of nitrogens with one attached hydrogen (secondary N) is 3. The first-order valence-corrected chi connectivity index (χ1v) is 10.5. The highest BCUT2D eigenvalue weighted by molar-refractivity contribution is 7.80. The molecule has 29 heavy (non-hydrogen) atoms. The molecule has 0 aliphatic heterocycles. The van der Waals surface area contributed by atoms with E-state index in [0.29, 0.717) is 27.8 Å². The molecular formula is C19H22N6O2S2. The van der Waals surface area contributed by atoms with Crippen molar-refractivity contribution < 1.29 is 9.90 Å². The predicted octanol–water partition coefficient (Wildman–Crippen LogP) is 4.00. The number of thiophene rings is 1. The number of carboxylic acid groups (broad SMARTS) is 1. The summed E-state index contributed by atoms with van der Waals surface area (Å²) in [6.07, 6.45) is 4.04. The van der Waals surface area contributed by atoms with Gasteiger partial charge in [-0.15, -0.1) is 11.3 Å². The zero-order valence-corrected chi connectivity index (χ0v) is 17.6. The second kappa shape index (κ2) is 10.1. The van der Waals surface area contributed by atoms with Crippen molar-refractivity contribution in [2.75, 3.05) is 11.9 Å². The molecule has 0 saturated heterocycles. The Hall–Kier alpha value is -2.85. The quantitative estimate of drug-likeness (QED) is 0.313. The maximum atomic E-state index is 10.6. The van der Waals surface area contributed by atoms with Gasteiger partial charge in [-0.25, -0.2) is 14.8 Å². The molecule has 4 N–H and O–H groups in total. The molecule has 0 atom stereocenters. The average molecular weight is 431 g/mol. The summed E-state index contributed by atoms with van der Waals surface area (Å²) in [6, 6.07) is 7.43. The second-order valence-corrected chi connectivity index (χ2v) is 7.88. The van der Waals surface area contributed by atoms with Crippen LogP contribution in [0.1, 0.15) is 31.1 Å². The lowest BCUT2D eigenvalue weighted by molar-refractivity contribution is 0.194. The number of hydrogen-bond donors (Lipinski definition) is 4. The van der Waals surface area contributed by atoms with Gasteiger partial charge in [0.15, 0.2) is 10.8 Å². The molecule has 3 heterocycles. The fourth-order valence-corrected chi connectivity index (χ4v) is 3.71. The minimum Gasteiger partial charge on any atom is -0.465 e. The van der Waals surface area contributed by atoms with Crippen LogP contribution in [0.5, 0.6) is 0 Å². The van der Waals surface area contributed by atoms with E-state index in [1.807, 2.05) is 24.3 Å². The molecule has 0 radical (unpaired) electrons. The largest absolute Gasteiger partial charge is 0.465 e. The molecule has 3 aromatic heterocycles. The molecular weight excluding hydrogens is 408 g/mol. The molecule has 0 bridgehead atoms. The zero-order chi connectivity index (χ0) is 20.6. The summed E-state index contributed by atoms with van der Waals surface area (Å²) in [7, 11) is 0. The number of rotatable bonds is 8. The molecule has 0 fully saturated rings. The minimum atomic E-state index is -1.05. The fourth-order valence-electron chi connectivity index (χ4n) is 2.60. The zero-order valence-electron chi connectivity index (χ0n) is 15.9. The van der Waals surface area contributed by atoms with E-state index in [-0.39, 0.29) is 6.54 Å². The molecule has 3 rings (SSSR count). The molecule has 0 aromatic carbocycles. The number of nitrogens with zero attached hydrogens (tertiary/aromatic N) is 3. The predicted molar refractivity (Wildman–Crippen MR) is 119 cm³/mol. The Morgan fingerprint density at radius 3 is 2.83 bits per heavy atom. The van der Waals surface area contributed by atoms with E-state index in [1.165, 1.54) is 17.8 Å². The van der Waals surface area contributed by atoms with Crippen LogP contribution >= 0.6 is 23.6 Å². The van der Waals surface area contributed by atoms with Gasteiger partial charge in [0.25, 0.3) is 0 Å². The van der Waals surface area contributed by atoms with Crippen molar-refractivity contribution >= 4 is 51.7 Å².